The van der Waals surface area contributed by atoms with Gasteiger partial charge in [-0.15, -0.1) is 0 Å². The van der Waals surface area contributed by atoms with Gasteiger partial charge in [0.25, 0.3) is 11.8 Å². The molecule has 0 aliphatic heterocycles. The van der Waals surface area contributed by atoms with E-state index in [4.69, 9.17) is 40.1 Å². The van der Waals surface area contributed by atoms with Gasteiger partial charge < -0.3 is 5.32 Å². The lowest BCUT2D eigenvalue weighted by Crippen LogP contribution is -2.51. The number of aromatic nitrogens is 1. The van der Waals surface area contributed by atoms with Crippen molar-refractivity contribution in [2.24, 2.45) is 0 Å². The number of thiazole rings is 1. The molecule has 0 aliphatic rings. The van der Waals surface area contributed by atoms with Gasteiger partial charge in [-0.05, 0) is 42.1 Å². The summed E-state index contributed by atoms with van der Waals surface area (Å²) in [6, 6.07) is 12.1. The number of nitriles is 1. The highest BCUT2D eigenvalue weighted by atomic mass is 35.6. The number of hydrogen-bond donors (Lipinski definition) is 2. The zero-order valence-corrected chi connectivity index (χ0v) is 18.3. The van der Waals surface area contributed by atoms with Crippen LogP contribution in [-0.4, -0.2) is 26.6 Å². The van der Waals surface area contributed by atoms with Crippen LogP contribution in [0.4, 0.5) is 5.13 Å². The van der Waals surface area contributed by atoms with Gasteiger partial charge in [0, 0.05) is 10.5 Å². The second-order valence-electron chi connectivity index (χ2n) is 5.65. The van der Waals surface area contributed by atoms with Gasteiger partial charge in [-0.2, -0.15) is 5.26 Å². The second-order valence-corrected chi connectivity index (χ2v) is 9.90. The van der Waals surface area contributed by atoms with Crippen LogP contribution < -0.4 is 10.6 Å². The van der Waals surface area contributed by atoms with Crippen molar-refractivity contribution in [1.29, 1.82) is 5.26 Å². The average Bonchev–Trinajstić information content (AvgIpc) is 3.07. The smallest absolute Gasteiger partial charge is 0.253 e. The zero-order chi connectivity index (χ0) is 21.0. The van der Waals surface area contributed by atoms with Gasteiger partial charge in [0.1, 0.15) is 5.40 Å². The van der Waals surface area contributed by atoms with Crippen LogP contribution in [0, 0.1) is 10.7 Å². The molecule has 0 spiro atoms. The van der Waals surface area contributed by atoms with Crippen LogP contribution >= 0.6 is 57.9 Å². The molecule has 0 fully saturated rings. The average molecular weight is 486 g/mol. The molecule has 0 aliphatic carbocycles. The minimum Gasteiger partial charge on any atom is -0.337 e. The van der Waals surface area contributed by atoms with Gasteiger partial charge in [0.05, 0.1) is 10.2 Å². The van der Waals surface area contributed by atoms with Crippen molar-refractivity contribution in [3.05, 3.63) is 54.1 Å². The van der Waals surface area contributed by atoms with Gasteiger partial charge in [0.2, 0.25) is 3.79 Å². The van der Waals surface area contributed by atoms with Gasteiger partial charge >= 0.3 is 0 Å². The minimum atomic E-state index is -2.08. The third-order valence-electron chi connectivity index (χ3n) is 3.65. The fourth-order valence-electron chi connectivity index (χ4n) is 2.35. The van der Waals surface area contributed by atoms with E-state index in [2.05, 4.69) is 15.6 Å². The maximum absolute atomic E-state index is 12.7. The number of carbonyl (C=O) groups excluding carboxylic acids is 2. The summed E-state index contributed by atoms with van der Waals surface area (Å²) in [5.74, 6) is -1.28. The molecule has 1 aromatic heterocycles. The molecule has 1 heterocycles. The standard InChI is InChI=1S/C18H11Cl3N4O2S2/c19-18(20,21)14(24-15(26)10-4-2-1-3-5-10)16(27)25-17-23-12-7-6-11(28-9-22)8-13(12)29-17/h1-8,14H,(H,24,26)(H,23,25,27). The van der Waals surface area contributed by atoms with Crippen molar-refractivity contribution in [3.8, 4) is 5.40 Å². The van der Waals surface area contributed by atoms with Gasteiger partial charge in [-0.1, -0.05) is 64.3 Å². The largest absolute Gasteiger partial charge is 0.337 e. The topological polar surface area (TPSA) is 94.9 Å². The van der Waals surface area contributed by atoms with E-state index in [1.807, 2.05) is 5.40 Å². The molecule has 1 atom stereocenters. The van der Waals surface area contributed by atoms with E-state index in [0.717, 1.165) is 21.4 Å². The Labute approximate surface area is 189 Å². The molecule has 11 heteroatoms. The van der Waals surface area contributed by atoms with Crippen molar-refractivity contribution in [1.82, 2.24) is 10.3 Å². The minimum absolute atomic E-state index is 0.275. The fourth-order valence-corrected chi connectivity index (χ4v) is 4.21. The number of nitrogens with one attached hydrogen (secondary N) is 2. The van der Waals surface area contributed by atoms with E-state index in [1.54, 1.807) is 48.5 Å². The molecule has 2 aromatic carbocycles. The molecule has 0 radical (unpaired) electrons. The molecule has 2 amide bonds. The number of halogens is 3. The first-order valence-corrected chi connectivity index (χ1v) is 10.7. The zero-order valence-electron chi connectivity index (χ0n) is 14.4. The van der Waals surface area contributed by atoms with Gasteiger partial charge in [-0.25, -0.2) is 4.98 Å². The molecule has 3 rings (SSSR count). The number of benzene rings is 2. The molecule has 6 nitrogen and oxygen atoms in total. The van der Waals surface area contributed by atoms with Crippen molar-refractivity contribution in [2.75, 3.05) is 5.32 Å². The lowest BCUT2D eigenvalue weighted by molar-refractivity contribution is -0.117. The maximum Gasteiger partial charge on any atom is 0.253 e. The van der Waals surface area contributed by atoms with E-state index in [-0.39, 0.29) is 5.13 Å². The van der Waals surface area contributed by atoms with Crippen LogP contribution in [0.1, 0.15) is 10.4 Å². The van der Waals surface area contributed by atoms with E-state index in [0.29, 0.717) is 11.1 Å². The number of hydrogen-bond acceptors (Lipinski definition) is 6. The van der Waals surface area contributed by atoms with E-state index in [9.17, 15) is 9.59 Å². The first-order chi connectivity index (χ1) is 13.8. The lowest BCUT2D eigenvalue weighted by Gasteiger charge is -2.24. The number of nitrogens with zero attached hydrogens (tertiary/aromatic N) is 2. The van der Waals surface area contributed by atoms with Crippen LogP contribution in [-0.2, 0) is 4.79 Å². The molecule has 148 valence electrons. The highest BCUT2D eigenvalue weighted by molar-refractivity contribution is 8.03. The number of thioether (sulfide) groups is 1. The summed E-state index contributed by atoms with van der Waals surface area (Å²) in [5.41, 5.74) is 0.966. The van der Waals surface area contributed by atoms with Crippen molar-refractivity contribution in [3.63, 3.8) is 0 Å². The Kier molecular flexibility index (Phi) is 6.88. The fraction of sp³-hybridized carbons (Fsp3) is 0.111. The quantitative estimate of drug-likeness (QED) is 0.302. The molecule has 29 heavy (non-hydrogen) atoms. The Bertz CT molecular complexity index is 1090. The normalized spacial score (nSPS) is 12.2. The predicted octanol–water partition coefficient (Wildman–Crippen LogP) is 4.98. The summed E-state index contributed by atoms with van der Waals surface area (Å²) in [5, 5.41) is 16.1. The molecule has 0 saturated heterocycles. The SMILES string of the molecule is N#CSc1ccc2nc(NC(=O)C(NC(=O)c3ccccc3)C(Cl)(Cl)Cl)sc2c1. The van der Waals surface area contributed by atoms with Crippen LogP contribution in [0.5, 0.6) is 0 Å². The Morgan fingerprint density at radius 2 is 1.90 bits per heavy atom. The first-order valence-electron chi connectivity index (χ1n) is 7.98. The van der Waals surface area contributed by atoms with Gasteiger partial charge in [0.15, 0.2) is 11.2 Å². The molecular formula is C18H11Cl3N4O2S2. The number of fused-ring (bicyclic) bond motifs is 1. The Morgan fingerprint density at radius 1 is 1.17 bits per heavy atom. The monoisotopic (exact) mass is 484 g/mol. The molecule has 1 unspecified atom stereocenters. The Hall–Kier alpha value is -2.02. The van der Waals surface area contributed by atoms with Crippen LogP contribution in [0.3, 0.4) is 0 Å². The third kappa shape index (κ3) is 5.53. The number of amides is 2. The summed E-state index contributed by atoms with van der Waals surface area (Å²) < 4.78 is -1.30. The highest BCUT2D eigenvalue weighted by Gasteiger charge is 2.40. The van der Waals surface area contributed by atoms with E-state index in [1.165, 1.54) is 11.3 Å². The number of thiocyanates is 1. The molecule has 0 saturated carbocycles. The van der Waals surface area contributed by atoms with Crippen molar-refractivity contribution < 1.29 is 9.59 Å². The summed E-state index contributed by atoms with van der Waals surface area (Å²) in [4.78, 5) is 30.2. The second kappa shape index (κ2) is 9.20. The number of alkyl halides is 3. The van der Waals surface area contributed by atoms with Crippen molar-refractivity contribution in [2.45, 2.75) is 14.7 Å². The first kappa shape index (κ1) is 21.7. The summed E-state index contributed by atoms with van der Waals surface area (Å²) in [7, 11) is 0. The summed E-state index contributed by atoms with van der Waals surface area (Å²) in [6.45, 7) is 0. The summed E-state index contributed by atoms with van der Waals surface area (Å²) in [6.07, 6.45) is 0. The predicted molar refractivity (Wildman–Crippen MR) is 118 cm³/mol. The molecule has 3 aromatic rings. The molecule has 2 N–H and O–H groups in total. The third-order valence-corrected chi connectivity index (χ3v) is 5.82. The van der Waals surface area contributed by atoms with Crippen LogP contribution in [0.25, 0.3) is 10.2 Å². The number of rotatable bonds is 5. The Balaban J connectivity index is 1.79. The molecule has 0 bridgehead atoms. The number of carbonyl (C=O) groups is 2. The number of anilines is 1. The highest BCUT2D eigenvalue weighted by Crippen LogP contribution is 2.33. The molecular weight excluding hydrogens is 475 g/mol. The lowest BCUT2D eigenvalue weighted by atomic mass is 10.2. The van der Waals surface area contributed by atoms with E-state index < -0.39 is 21.6 Å². The Morgan fingerprint density at radius 3 is 2.55 bits per heavy atom. The van der Waals surface area contributed by atoms with Crippen molar-refractivity contribution >= 4 is 85.1 Å². The van der Waals surface area contributed by atoms with Crippen LogP contribution in [0.15, 0.2) is 53.4 Å². The van der Waals surface area contributed by atoms with Gasteiger partial charge in [-0.3, -0.25) is 14.9 Å². The summed E-state index contributed by atoms with van der Waals surface area (Å²) >= 11 is 20.0. The van der Waals surface area contributed by atoms with Crippen LogP contribution in [0.2, 0.25) is 0 Å². The van der Waals surface area contributed by atoms with E-state index >= 15 is 0 Å². The maximum atomic E-state index is 12.7.